The number of nitrogens with zero attached hydrogens (tertiary/aromatic N) is 1. The molecule has 0 aromatic carbocycles. The maximum Gasteiger partial charge on any atom is 0.240 e. The zero-order valence-electron chi connectivity index (χ0n) is 12.0. The highest BCUT2D eigenvalue weighted by Crippen LogP contribution is 2.33. The molecule has 4 heteroatoms. The molecule has 1 saturated carbocycles. The molecule has 0 spiro atoms. The summed E-state index contributed by atoms with van der Waals surface area (Å²) in [6, 6.07) is 0.460. The second-order valence-electron chi connectivity index (χ2n) is 5.99. The highest BCUT2D eigenvalue weighted by molar-refractivity contribution is 7.99. The SMILES string of the molecule is CSC1CCC(N2C(=O)C(C)NC2C(C)C)CC1. The van der Waals surface area contributed by atoms with Crippen LogP contribution >= 0.6 is 11.8 Å². The summed E-state index contributed by atoms with van der Waals surface area (Å²) in [5.74, 6) is 0.790. The summed E-state index contributed by atoms with van der Waals surface area (Å²) in [6.45, 7) is 6.39. The lowest BCUT2D eigenvalue weighted by molar-refractivity contribution is -0.133. The third kappa shape index (κ3) is 2.69. The Balaban J connectivity index is 2.04. The van der Waals surface area contributed by atoms with E-state index in [-0.39, 0.29) is 12.2 Å². The van der Waals surface area contributed by atoms with Gasteiger partial charge in [-0.2, -0.15) is 11.8 Å². The van der Waals surface area contributed by atoms with Gasteiger partial charge in [0, 0.05) is 11.3 Å². The van der Waals surface area contributed by atoms with Crippen molar-refractivity contribution in [3.63, 3.8) is 0 Å². The average Bonchev–Trinajstić information content (AvgIpc) is 2.66. The van der Waals surface area contributed by atoms with Gasteiger partial charge in [0.15, 0.2) is 0 Å². The molecule has 1 saturated heterocycles. The predicted octanol–water partition coefficient (Wildman–Crippen LogP) is 2.46. The van der Waals surface area contributed by atoms with Gasteiger partial charge in [-0.15, -0.1) is 0 Å². The second-order valence-corrected chi connectivity index (χ2v) is 7.13. The van der Waals surface area contributed by atoms with E-state index in [9.17, 15) is 4.79 Å². The molecule has 104 valence electrons. The fourth-order valence-corrected chi connectivity index (χ4v) is 3.99. The third-order valence-electron chi connectivity index (χ3n) is 4.35. The Kier molecular flexibility index (Phi) is 4.59. The van der Waals surface area contributed by atoms with Crippen molar-refractivity contribution in [2.45, 2.75) is 70.0 Å². The molecule has 1 aliphatic heterocycles. The van der Waals surface area contributed by atoms with Crippen molar-refractivity contribution in [1.82, 2.24) is 10.2 Å². The summed E-state index contributed by atoms with van der Waals surface area (Å²) in [7, 11) is 0. The van der Waals surface area contributed by atoms with E-state index in [1.165, 1.54) is 25.7 Å². The quantitative estimate of drug-likeness (QED) is 0.855. The molecule has 2 rings (SSSR count). The normalized spacial score (nSPS) is 37.6. The van der Waals surface area contributed by atoms with Gasteiger partial charge in [0.05, 0.1) is 12.2 Å². The average molecular weight is 270 g/mol. The Bertz CT molecular complexity index is 300. The van der Waals surface area contributed by atoms with Crippen LogP contribution in [-0.4, -0.2) is 40.6 Å². The van der Waals surface area contributed by atoms with Crippen molar-refractivity contribution < 1.29 is 4.79 Å². The molecule has 2 atom stereocenters. The van der Waals surface area contributed by atoms with Gasteiger partial charge in [-0.1, -0.05) is 13.8 Å². The van der Waals surface area contributed by atoms with Crippen molar-refractivity contribution in [1.29, 1.82) is 0 Å². The van der Waals surface area contributed by atoms with Crippen LogP contribution in [0, 0.1) is 5.92 Å². The number of amides is 1. The van der Waals surface area contributed by atoms with Gasteiger partial charge < -0.3 is 4.90 Å². The minimum Gasteiger partial charge on any atom is -0.323 e. The Morgan fingerprint density at radius 3 is 2.39 bits per heavy atom. The zero-order chi connectivity index (χ0) is 13.3. The number of nitrogens with one attached hydrogen (secondary N) is 1. The smallest absolute Gasteiger partial charge is 0.240 e. The van der Waals surface area contributed by atoms with Crippen LogP contribution in [0.2, 0.25) is 0 Å². The van der Waals surface area contributed by atoms with E-state index in [4.69, 9.17) is 0 Å². The Morgan fingerprint density at radius 1 is 1.28 bits per heavy atom. The topological polar surface area (TPSA) is 32.3 Å². The molecule has 1 amide bonds. The summed E-state index contributed by atoms with van der Waals surface area (Å²) in [4.78, 5) is 14.5. The molecule has 0 aromatic rings. The Morgan fingerprint density at radius 2 is 1.89 bits per heavy atom. The van der Waals surface area contributed by atoms with Crippen LogP contribution in [0.4, 0.5) is 0 Å². The molecular weight excluding hydrogens is 244 g/mol. The largest absolute Gasteiger partial charge is 0.323 e. The maximum absolute atomic E-state index is 12.3. The van der Waals surface area contributed by atoms with Gasteiger partial charge in [-0.25, -0.2) is 0 Å². The molecule has 3 nitrogen and oxygen atoms in total. The lowest BCUT2D eigenvalue weighted by Crippen LogP contribution is -2.48. The molecule has 2 fully saturated rings. The van der Waals surface area contributed by atoms with Crippen LogP contribution in [-0.2, 0) is 4.79 Å². The molecule has 2 unspecified atom stereocenters. The monoisotopic (exact) mass is 270 g/mol. The van der Waals surface area contributed by atoms with Crippen molar-refractivity contribution in [2.24, 2.45) is 5.92 Å². The summed E-state index contributed by atoms with van der Waals surface area (Å²) in [6.07, 6.45) is 7.31. The van der Waals surface area contributed by atoms with Crippen molar-refractivity contribution in [3.8, 4) is 0 Å². The zero-order valence-corrected chi connectivity index (χ0v) is 12.8. The number of thioether (sulfide) groups is 1. The Hall–Kier alpha value is -0.220. The van der Waals surface area contributed by atoms with Crippen molar-refractivity contribution in [2.75, 3.05) is 6.26 Å². The van der Waals surface area contributed by atoms with E-state index in [0.29, 0.717) is 17.9 Å². The van der Waals surface area contributed by atoms with Gasteiger partial charge in [0.25, 0.3) is 0 Å². The summed E-state index contributed by atoms with van der Waals surface area (Å²) < 4.78 is 0. The first-order valence-electron chi connectivity index (χ1n) is 7.15. The molecule has 0 aromatic heterocycles. The van der Waals surface area contributed by atoms with Crippen LogP contribution in [0.25, 0.3) is 0 Å². The molecule has 18 heavy (non-hydrogen) atoms. The van der Waals surface area contributed by atoms with E-state index < -0.39 is 0 Å². The van der Waals surface area contributed by atoms with E-state index in [0.717, 1.165) is 5.25 Å². The van der Waals surface area contributed by atoms with Crippen LogP contribution in [0.3, 0.4) is 0 Å². The molecule has 1 heterocycles. The van der Waals surface area contributed by atoms with Crippen LogP contribution in [0.15, 0.2) is 0 Å². The number of hydrogen-bond donors (Lipinski definition) is 1. The minimum atomic E-state index is -0.00401. The fraction of sp³-hybridized carbons (Fsp3) is 0.929. The van der Waals surface area contributed by atoms with Crippen LogP contribution < -0.4 is 5.32 Å². The van der Waals surface area contributed by atoms with Gasteiger partial charge in [-0.05, 0) is 44.8 Å². The standard InChI is InChI=1S/C14H26N2OS/c1-9(2)13-15-10(3)14(17)16(13)11-5-7-12(18-4)8-6-11/h9-13,15H,5-8H2,1-4H3. The van der Waals surface area contributed by atoms with Gasteiger partial charge in [0.1, 0.15) is 0 Å². The van der Waals surface area contributed by atoms with E-state index in [1.807, 2.05) is 18.7 Å². The molecular formula is C14H26N2OS. The number of carbonyl (C=O) groups excluding carboxylic acids is 1. The lowest BCUT2D eigenvalue weighted by Gasteiger charge is -2.38. The van der Waals surface area contributed by atoms with Crippen LogP contribution in [0.5, 0.6) is 0 Å². The van der Waals surface area contributed by atoms with Crippen molar-refractivity contribution >= 4 is 17.7 Å². The molecule has 2 aliphatic rings. The lowest BCUT2D eigenvalue weighted by atomic mass is 9.92. The summed E-state index contributed by atoms with van der Waals surface area (Å²) in [5, 5.41) is 4.25. The first-order chi connectivity index (χ1) is 8.54. The van der Waals surface area contributed by atoms with Gasteiger partial charge >= 0.3 is 0 Å². The van der Waals surface area contributed by atoms with E-state index in [1.54, 1.807) is 0 Å². The molecule has 0 radical (unpaired) electrons. The van der Waals surface area contributed by atoms with E-state index >= 15 is 0 Å². The number of carbonyl (C=O) groups is 1. The maximum atomic E-state index is 12.3. The first-order valence-corrected chi connectivity index (χ1v) is 8.44. The molecule has 1 aliphatic carbocycles. The summed E-state index contributed by atoms with van der Waals surface area (Å²) >= 11 is 1.98. The highest BCUT2D eigenvalue weighted by atomic mass is 32.2. The second kappa shape index (κ2) is 5.83. The van der Waals surface area contributed by atoms with Gasteiger partial charge in [-0.3, -0.25) is 10.1 Å². The summed E-state index contributed by atoms with van der Waals surface area (Å²) in [5.41, 5.74) is 0. The molecule has 0 bridgehead atoms. The highest BCUT2D eigenvalue weighted by Gasteiger charge is 2.42. The van der Waals surface area contributed by atoms with Gasteiger partial charge in [0.2, 0.25) is 5.91 Å². The van der Waals surface area contributed by atoms with E-state index in [2.05, 4.69) is 30.3 Å². The predicted molar refractivity (Wildman–Crippen MR) is 77.6 cm³/mol. The number of hydrogen-bond acceptors (Lipinski definition) is 3. The fourth-order valence-electron chi connectivity index (χ4n) is 3.25. The first kappa shape index (κ1) is 14.2. The van der Waals surface area contributed by atoms with Crippen molar-refractivity contribution in [3.05, 3.63) is 0 Å². The minimum absolute atomic E-state index is 0.00401. The number of rotatable bonds is 3. The Labute approximate surface area is 115 Å². The molecule has 1 N–H and O–H groups in total. The van der Waals surface area contributed by atoms with Crippen LogP contribution in [0.1, 0.15) is 46.5 Å². The third-order valence-corrected chi connectivity index (χ3v) is 5.49.